The number of anilines is 1. The lowest BCUT2D eigenvalue weighted by molar-refractivity contribution is -0.120. The van der Waals surface area contributed by atoms with Crippen molar-refractivity contribution in [2.45, 2.75) is 6.42 Å². The minimum atomic E-state index is -0.0102. The van der Waals surface area contributed by atoms with Crippen molar-refractivity contribution in [2.75, 3.05) is 18.9 Å². The molecule has 17 heavy (non-hydrogen) atoms. The lowest BCUT2D eigenvalue weighted by Gasteiger charge is -1.99. The van der Waals surface area contributed by atoms with Crippen LogP contribution < -0.4 is 10.6 Å². The number of hydrogen-bond donors (Lipinski definition) is 2. The van der Waals surface area contributed by atoms with Crippen molar-refractivity contribution in [1.29, 1.82) is 0 Å². The molecule has 0 radical (unpaired) electrons. The van der Waals surface area contributed by atoms with Crippen LogP contribution >= 0.6 is 15.9 Å². The molecule has 0 aliphatic heterocycles. The summed E-state index contributed by atoms with van der Waals surface area (Å²) >= 11 is 3.36. The van der Waals surface area contributed by atoms with Gasteiger partial charge >= 0.3 is 0 Å². The summed E-state index contributed by atoms with van der Waals surface area (Å²) in [5, 5.41) is 9.78. The number of nitrogens with one attached hydrogen (secondary N) is 2. The second kappa shape index (κ2) is 5.13. The van der Waals surface area contributed by atoms with Gasteiger partial charge in [0, 0.05) is 30.7 Å². The average molecular weight is 298 g/mol. The van der Waals surface area contributed by atoms with Gasteiger partial charge < -0.3 is 10.6 Å². The van der Waals surface area contributed by atoms with Crippen molar-refractivity contribution in [3.63, 3.8) is 0 Å². The van der Waals surface area contributed by atoms with Crippen molar-refractivity contribution in [2.24, 2.45) is 0 Å². The molecule has 2 aromatic heterocycles. The second-order valence-corrected chi connectivity index (χ2v) is 4.35. The first-order valence-corrected chi connectivity index (χ1v) is 5.95. The lowest BCUT2D eigenvalue weighted by atomic mass is 10.4. The molecule has 0 fully saturated rings. The van der Waals surface area contributed by atoms with Gasteiger partial charge in [-0.05, 0) is 28.1 Å². The Morgan fingerprint density at radius 3 is 3.12 bits per heavy atom. The van der Waals surface area contributed by atoms with Gasteiger partial charge in [0.05, 0.1) is 0 Å². The molecule has 7 heteroatoms. The van der Waals surface area contributed by atoms with E-state index in [1.54, 1.807) is 11.6 Å². The van der Waals surface area contributed by atoms with E-state index in [0.717, 1.165) is 10.1 Å². The summed E-state index contributed by atoms with van der Waals surface area (Å²) in [6, 6.07) is 3.76. The molecule has 2 rings (SSSR count). The molecule has 2 N–H and O–H groups in total. The highest BCUT2D eigenvalue weighted by Gasteiger charge is 2.04. The van der Waals surface area contributed by atoms with Crippen LogP contribution in [0.5, 0.6) is 0 Å². The van der Waals surface area contributed by atoms with Crippen LogP contribution in [-0.4, -0.2) is 34.1 Å². The topological polar surface area (TPSA) is 71.3 Å². The van der Waals surface area contributed by atoms with E-state index in [2.05, 4.69) is 36.6 Å². The van der Waals surface area contributed by atoms with Gasteiger partial charge in [-0.1, -0.05) is 0 Å². The van der Waals surface area contributed by atoms with Crippen molar-refractivity contribution in [3.05, 3.63) is 22.8 Å². The number of rotatable bonds is 4. The van der Waals surface area contributed by atoms with E-state index in [1.165, 1.54) is 0 Å². The molecule has 0 aromatic carbocycles. The highest BCUT2D eigenvalue weighted by atomic mass is 79.9. The first kappa shape index (κ1) is 11.8. The highest BCUT2D eigenvalue weighted by molar-refractivity contribution is 9.10. The molecule has 0 bridgehead atoms. The minimum Gasteiger partial charge on any atom is -0.359 e. The summed E-state index contributed by atoms with van der Waals surface area (Å²) < 4.78 is 2.61. The zero-order valence-corrected chi connectivity index (χ0v) is 10.9. The van der Waals surface area contributed by atoms with Crippen LogP contribution in [0.15, 0.2) is 22.8 Å². The predicted octanol–water partition coefficient (Wildman–Crippen LogP) is 1.04. The first-order valence-electron chi connectivity index (χ1n) is 5.15. The normalized spacial score (nSPS) is 10.5. The van der Waals surface area contributed by atoms with Crippen LogP contribution in [-0.2, 0) is 4.79 Å². The third-order valence-electron chi connectivity index (χ3n) is 2.21. The predicted molar refractivity (Wildman–Crippen MR) is 67.9 cm³/mol. The maximum atomic E-state index is 11.0. The minimum absolute atomic E-state index is 0.0102. The summed E-state index contributed by atoms with van der Waals surface area (Å²) in [5.74, 6) is 0.510. The van der Waals surface area contributed by atoms with Gasteiger partial charge in [-0.3, -0.25) is 4.79 Å². The van der Waals surface area contributed by atoms with E-state index in [1.807, 2.05) is 18.3 Å². The van der Waals surface area contributed by atoms with E-state index < -0.39 is 0 Å². The number of carbonyl (C=O) groups is 1. The number of fused-ring (bicyclic) bond motifs is 1. The molecule has 6 nitrogen and oxygen atoms in total. The molecule has 1 amide bonds. The zero-order valence-electron chi connectivity index (χ0n) is 9.27. The third-order valence-corrected chi connectivity index (χ3v) is 2.68. The molecular formula is C10H12BrN5O. The molecule has 0 unspecified atom stereocenters. The zero-order chi connectivity index (χ0) is 12.3. The van der Waals surface area contributed by atoms with E-state index in [4.69, 9.17) is 0 Å². The average Bonchev–Trinajstić information content (AvgIpc) is 2.70. The fraction of sp³-hybridized carbons (Fsp3) is 0.300. The molecule has 0 atom stereocenters. The monoisotopic (exact) mass is 297 g/mol. The van der Waals surface area contributed by atoms with Gasteiger partial charge in [-0.2, -0.15) is 4.98 Å². The molecule has 0 saturated heterocycles. The number of pyridine rings is 1. The van der Waals surface area contributed by atoms with Gasteiger partial charge in [0.2, 0.25) is 11.9 Å². The Morgan fingerprint density at radius 2 is 2.35 bits per heavy atom. The van der Waals surface area contributed by atoms with Gasteiger partial charge in [-0.25, -0.2) is 4.52 Å². The van der Waals surface area contributed by atoms with Crippen LogP contribution in [0.1, 0.15) is 6.42 Å². The molecule has 90 valence electrons. The fourth-order valence-electron chi connectivity index (χ4n) is 1.35. The molecule has 2 heterocycles. The molecule has 0 aliphatic carbocycles. The summed E-state index contributed by atoms with van der Waals surface area (Å²) in [6.07, 6.45) is 2.22. The highest BCUT2D eigenvalue weighted by Crippen LogP contribution is 2.11. The largest absolute Gasteiger partial charge is 0.359 e. The van der Waals surface area contributed by atoms with Crippen molar-refractivity contribution in [3.8, 4) is 0 Å². The summed E-state index contributed by atoms with van der Waals surface area (Å²) in [6.45, 7) is 0.512. The van der Waals surface area contributed by atoms with Crippen LogP contribution in [0, 0.1) is 0 Å². The lowest BCUT2D eigenvalue weighted by Crippen LogP contribution is -2.21. The van der Waals surface area contributed by atoms with Crippen LogP contribution in [0.2, 0.25) is 0 Å². The van der Waals surface area contributed by atoms with Gasteiger partial charge in [0.25, 0.3) is 0 Å². The number of amides is 1. The van der Waals surface area contributed by atoms with E-state index in [0.29, 0.717) is 18.9 Å². The quantitative estimate of drug-likeness (QED) is 0.885. The second-order valence-electron chi connectivity index (χ2n) is 3.44. The number of hydrogen-bond acceptors (Lipinski definition) is 4. The maximum Gasteiger partial charge on any atom is 0.243 e. The Morgan fingerprint density at radius 1 is 1.53 bits per heavy atom. The summed E-state index contributed by atoms with van der Waals surface area (Å²) in [4.78, 5) is 15.3. The number of aromatic nitrogens is 3. The van der Waals surface area contributed by atoms with E-state index in [-0.39, 0.29) is 5.91 Å². The Hall–Kier alpha value is -1.63. The summed E-state index contributed by atoms with van der Waals surface area (Å²) in [5.41, 5.74) is 0.760. The molecule has 0 aliphatic rings. The van der Waals surface area contributed by atoms with Crippen molar-refractivity contribution >= 4 is 33.4 Å². The van der Waals surface area contributed by atoms with Crippen molar-refractivity contribution in [1.82, 2.24) is 19.9 Å². The van der Waals surface area contributed by atoms with Gasteiger partial charge in [0.15, 0.2) is 5.65 Å². The fourth-order valence-corrected chi connectivity index (χ4v) is 1.67. The molecule has 2 aromatic rings. The van der Waals surface area contributed by atoms with Crippen LogP contribution in [0.3, 0.4) is 0 Å². The SMILES string of the molecule is CNC(=O)CCNc1nc2ccc(Br)cn2n1. The van der Waals surface area contributed by atoms with E-state index in [9.17, 15) is 4.79 Å². The smallest absolute Gasteiger partial charge is 0.243 e. The Balaban J connectivity index is 2.02. The third kappa shape index (κ3) is 2.94. The van der Waals surface area contributed by atoms with E-state index >= 15 is 0 Å². The Labute approximate surface area is 107 Å². The maximum absolute atomic E-state index is 11.0. The molecular weight excluding hydrogens is 286 g/mol. The van der Waals surface area contributed by atoms with Crippen LogP contribution in [0.25, 0.3) is 5.65 Å². The first-order chi connectivity index (χ1) is 8.19. The number of carbonyl (C=O) groups excluding carboxylic acids is 1. The Bertz CT molecular complexity index is 538. The molecule has 0 spiro atoms. The molecule has 0 saturated carbocycles. The van der Waals surface area contributed by atoms with Crippen LogP contribution in [0.4, 0.5) is 5.95 Å². The number of nitrogens with zero attached hydrogens (tertiary/aromatic N) is 3. The van der Waals surface area contributed by atoms with Crippen molar-refractivity contribution < 1.29 is 4.79 Å². The Kier molecular flexibility index (Phi) is 3.58. The number of halogens is 1. The summed E-state index contributed by atoms with van der Waals surface area (Å²) in [7, 11) is 1.61. The van der Waals surface area contributed by atoms with Gasteiger partial charge in [-0.15, -0.1) is 5.10 Å². The van der Waals surface area contributed by atoms with Gasteiger partial charge in [0.1, 0.15) is 0 Å². The standard InChI is InChI=1S/C10H12BrN5O/c1-12-9(17)4-5-13-10-14-8-3-2-7(11)6-16(8)15-10/h2-3,6H,4-5H2,1H3,(H,12,17)(H,13,15).